The molecule has 0 bridgehead atoms. The van der Waals surface area contributed by atoms with Gasteiger partial charge in [-0.25, -0.2) is 0 Å². The SMILES string of the molecule is Cc1ccc(S(=O)(=O)O)cc1-c1cc2ccccc2n1-c1ccccc1. The van der Waals surface area contributed by atoms with Crippen LogP contribution in [0.4, 0.5) is 0 Å². The van der Waals surface area contributed by atoms with E-state index in [0.29, 0.717) is 0 Å². The monoisotopic (exact) mass is 363 g/mol. The van der Waals surface area contributed by atoms with Crippen LogP contribution < -0.4 is 0 Å². The number of aryl methyl sites for hydroxylation is 1. The Balaban J connectivity index is 2.07. The maximum atomic E-state index is 11.6. The van der Waals surface area contributed by atoms with Gasteiger partial charge < -0.3 is 4.57 Å². The molecule has 5 heteroatoms. The number of hydrogen-bond donors (Lipinski definition) is 1. The number of aromatic nitrogens is 1. The first kappa shape index (κ1) is 16.6. The molecule has 4 aromatic rings. The van der Waals surface area contributed by atoms with Crippen LogP contribution in [-0.4, -0.2) is 17.5 Å². The summed E-state index contributed by atoms with van der Waals surface area (Å²) >= 11 is 0. The van der Waals surface area contributed by atoms with E-state index in [1.165, 1.54) is 12.1 Å². The van der Waals surface area contributed by atoms with E-state index in [9.17, 15) is 13.0 Å². The third kappa shape index (κ3) is 2.81. The van der Waals surface area contributed by atoms with Gasteiger partial charge in [0.2, 0.25) is 0 Å². The van der Waals surface area contributed by atoms with Crippen molar-refractivity contribution in [2.75, 3.05) is 0 Å². The minimum absolute atomic E-state index is 0.108. The molecular formula is C21H17NO3S. The van der Waals surface area contributed by atoms with Gasteiger partial charge in [-0.15, -0.1) is 0 Å². The van der Waals surface area contributed by atoms with Crippen LogP contribution in [-0.2, 0) is 10.1 Å². The normalized spacial score (nSPS) is 11.8. The van der Waals surface area contributed by atoms with Gasteiger partial charge in [0, 0.05) is 16.6 Å². The molecule has 0 fully saturated rings. The zero-order valence-electron chi connectivity index (χ0n) is 14.1. The topological polar surface area (TPSA) is 59.3 Å². The van der Waals surface area contributed by atoms with Gasteiger partial charge in [0.15, 0.2) is 0 Å². The van der Waals surface area contributed by atoms with Crippen molar-refractivity contribution in [2.45, 2.75) is 11.8 Å². The molecule has 0 saturated heterocycles. The highest BCUT2D eigenvalue weighted by Gasteiger charge is 2.17. The molecule has 0 saturated carbocycles. The summed E-state index contributed by atoms with van der Waals surface area (Å²) in [5.41, 5.74) is 4.59. The van der Waals surface area contributed by atoms with Gasteiger partial charge in [0.25, 0.3) is 10.1 Å². The second-order valence-corrected chi connectivity index (χ2v) is 7.63. The molecule has 0 aliphatic rings. The third-order valence-corrected chi connectivity index (χ3v) is 5.36. The Labute approximate surface area is 152 Å². The van der Waals surface area contributed by atoms with E-state index in [1.54, 1.807) is 6.07 Å². The van der Waals surface area contributed by atoms with E-state index in [0.717, 1.165) is 33.4 Å². The minimum Gasteiger partial charge on any atom is -0.309 e. The van der Waals surface area contributed by atoms with Crippen molar-refractivity contribution in [2.24, 2.45) is 0 Å². The molecule has 1 aromatic heterocycles. The van der Waals surface area contributed by atoms with E-state index in [-0.39, 0.29) is 4.90 Å². The molecule has 0 unspecified atom stereocenters. The van der Waals surface area contributed by atoms with Gasteiger partial charge in [-0.3, -0.25) is 4.55 Å². The highest BCUT2D eigenvalue weighted by Crippen LogP contribution is 2.34. The molecule has 4 rings (SSSR count). The largest absolute Gasteiger partial charge is 0.309 e. The standard InChI is InChI=1S/C21H17NO3S/c1-15-11-12-18(26(23,24)25)14-19(15)21-13-16-7-5-6-10-20(16)22(21)17-8-3-2-4-9-17/h2-14H,1H3,(H,23,24,25). The molecular weight excluding hydrogens is 346 g/mol. The summed E-state index contributed by atoms with van der Waals surface area (Å²) in [6.45, 7) is 1.93. The lowest BCUT2D eigenvalue weighted by molar-refractivity contribution is 0.483. The number of nitrogens with zero attached hydrogens (tertiary/aromatic N) is 1. The quantitative estimate of drug-likeness (QED) is 0.529. The van der Waals surface area contributed by atoms with E-state index in [4.69, 9.17) is 0 Å². The first-order chi connectivity index (χ1) is 12.4. The van der Waals surface area contributed by atoms with E-state index < -0.39 is 10.1 Å². The van der Waals surface area contributed by atoms with Crippen molar-refractivity contribution in [3.63, 3.8) is 0 Å². The highest BCUT2D eigenvalue weighted by atomic mass is 32.2. The number of fused-ring (bicyclic) bond motifs is 1. The molecule has 0 aliphatic heterocycles. The van der Waals surface area contributed by atoms with Crippen LogP contribution in [0.25, 0.3) is 27.8 Å². The van der Waals surface area contributed by atoms with Gasteiger partial charge in [0.1, 0.15) is 0 Å². The van der Waals surface area contributed by atoms with Gasteiger partial charge in [-0.1, -0.05) is 42.5 Å². The van der Waals surface area contributed by atoms with Crippen LogP contribution in [0.1, 0.15) is 5.56 Å². The molecule has 26 heavy (non-hydrogen) atoms. The van der Waals surface area contributed by atoms with Gasteiger partial charge in [-0.2, -0.15) is 8.42 Å². The molecule has 0 spiro atoms. The lowest BCUT2D eigenvalue weighted by atomic mass is 10.1. The van der Waals surface area contributed by atoms with Crippen LogP contribution in [0, 0.1) is 6.92 Å². The van der Waals surface area contributed by atoms with Gasteiger partial charge >= 0.3 is 0 Å². The summed E-state index contributed by atoms with van der Waals surface area (Å²) in [5.74, 6) is 0. The molecule has 0 radical (unpaired) electrons. The summed E-state index contributed by atoms with van der Waals surface area (Å²) in [5, 5.41) is 1.06. The fourth-order valence-corrected chi connectivity index (χ4v) is 3.75. The zero-order chi connectivity index (χ0) is 18.3. The average Bonchev–Trinajstić information content (AvgIpc) is 3.01. The fourth-order valence-electron chi connectivity index (χ4n) is 3.25. The molecule has 0 atom stereocenters. The van der Waals surface area contributed by atoms with Crippen molar-refractivity contribution in [1.29, 1.82) is 0 Å². The Morgan fingerprint density at radius 3 is 2.27 bits per heavy atom. The van der Waals surface area contributed by atoms with Gasteiger partial charge in [0.05, 0.1) is 16.1 Å². The summed E-state index contributed by atoms with van der Waals surface area (Å²) < 4.78 is 34.8. The summed E-state index contributed by atoms with van der Waals surface area (Å²) in [7, 11) is -4.27. The van der Waals surface area contributed by atoms with Crippen molar-refractivity contribution in [1.82, 2.24) is 4.57 Å². The molecule has 0 amide bonds. The molecule has 4 nitrogen and oxygen atoms in total. The van der Waals surface area contributed by atoms with Crippen molar-refractivity contribution in [3.05, 3.63) is 84.4 Å². The maximum absolute atomic E-state index is 11.6. The van der Waals surface area contributed by atoms with Crippen LogP contribution in [0.3, 0.4) is 0 Å². The summed E-state index contributed by atoms with van der Waals surface area (Å²) in [6.07, 6.45) is 0. The van der Waals surface area contributed by atoms with Crippen LogP contribution in [0.2, 0.25) is 0 Å². The minimum atomic E-state index is -4.27. The number of hydrogen-bond acceptors (Lipinski definition) is 2. The van der Waals surface area contributed by atoms with E-state index in [1.807, 2.05) is 67.6 Å². The Bertz CT molecular complexity index is 1210. The molecule has 1 N–H and O–H groups in total. The first-order valence-corrected chi connectivity index (χ1v) is 9.63. The van der Waals surface area contributed by atoms with E-state index in [2.05, 4.69) is 4.57 Å². The molecule has 0 aliphatic carbocycles. The first-order valence-electron chi connectivity index (χ1n) is 8.19. The summed E-state index contributed by atoms with van der Waals surface area (Å²) in [4.78, 5) is -0.108. The van der Waals surface area contributed by atoms with E-state index >= 15 is 0 Å². The Morgan fingerprint density at radius 1 is 0.846 bits per heavy atom. The number of benzene rings is 3. The van der Waals surface area contributed by atoms with Crippen molar-refractivity contribution >= 4 is 21.0 Å². The predicted molar refractivity (Wildman–Crippen MR) is 103 cm³/mol. The van der Waals surface area contributed by atoms with Crippen LogP contribution in [0.5, 0.6) is 0 Å². The zero-order valence-corrected chi connectivity index (χ0v) is 14.9. The maximum Gasteiger partial charge on any atom is 0.294 e. The van der Waals surface area contributed by atoms with Crippen molar-refractivity contribution in [3.8, 4) is 16.9 Å². The van der Waals surface area contributed by atoms with Crippen LogP contribution in [0.15, 0.2) is 83.8 Å². The third-order valence-electron chi connectivity index (χ3n) is 4.51. The Kier molecular flexibility index (Phi) is 3.90. The smallest absolute Gasteiger partial charge is 0.294 e. The average molecular weight is 363 g/mol. The predicted octanol–water partition coefficient (Wildman–Crippen LogP) is 4.85. The van der Waals surface area contributed by atoms with Gasteiger partial charge in [-0.05, 0) is 48.9 Å². The Hall–Kier alpha value is -2.89. The lowest BCUT2D eigenvalue weighted by Crippen LogP contribution is -2.01. The fraction of sp³-hybridized carbons (Fsp3) is 0.0476. The molecule has 130 valence electrons. The summed E-state index contributed by atoms with van der Waals surface area (Å²) in [6, 6.07) is 24.6. The highest BCUT2D eigenvalue weighted by molar-refractivity contribution is 7.85. The second kappa shape index (κ2) is 6.12. The Morgan fingerprint density at radius 2 is 1.54 bits per heavy atom. The second-order valence-electron chi connectivity index (χ2n) is 6.21. The lowest BCUT2D eigenvalue weighted by Gasteiger charge is -2.13. The van der Waals surface area contributed by atoms with Crippen molar-refractivity contribution < 1.29 is 13.0 Å². The number of rotatable bonds is 3. The molecule has 1 heterocycles. The van der Waals surface area contributed by atoms with Crippen LogP contribution >= 0.6 is 0 Å². The number of para-hydroxylation sites is 2. The molecule has 3 aromatic carbocycles.